The average molecular weight is 889 g/mol. The van der Waals surface area contributed by atoms with Crippen molar-refractivity contribution in [2.24, 2.45) is 23.7 Å². The van der Waals surface area contributed by atoms with Gasteiger partial charge in [-0.25, -0.2) is 13.1 Å². The Morgan fingerprint density at radius 2 is 1.51 bits per heavy atom. The molecule has 3 N–H and O–H groups in total. The molecule has 15 nitrogen and oxygen atoms in total. The predicted molar refractivity (Wildman–Crippen MR) is 222 cm³/mol. The topological polar surface area (TPSA) is 184 Å². The molecular weight excluding hydrogens is 822 g/mol. The van der Waals surface area contributed by atoms with Crippen LogP contribution in [0, 0.1) is 23.7 Å². The summed E-state index contributed by atoms with van der Waals surface area (Å²) in [6.45, 7) is 13.4. The highest BCUT2D eigenvalue weighted by Crippen LogP contribution is 2.46. The molecule has 8 atom stereocenters. The van der Waals surface area contributed by atoms with Crippen LogP contribution >= 0.6 is 0 Å². The van der Waals surface area contributed by atoms with Crippen LogP contribution in [-0.4, -0.2) is 137 Å². The number of carbonyl (C=O) groups excluding carboxylic acids is 5. The second-order valence-electron chi connectivity index (χ2n) is 17.5. The van der Waals surface area contributed by atoms with Gasteiger partial charge in [0.2, 0.25) is 23.6 Å². The molecule has 19 heteroatoms. The summed E-state index contributed by atoms with van der Waals surface area (Å²) < 4.78 is 79.1. The van der Waals surface area contributed by atoms with E-state index in [9.17, 15) is 45.6 Å². The number of hydrogen-bond acceptors (Lipinski definition) is 10. The number of methoxy groups -OCH3 is 2. The van der Waals surface area contributed by atoms with Crippen LogP contribution in [0.1, 0.15) is 92.6 Å². The molecule has 61 heavy (non-hydrogen) atoms. The number of hydrogen-bond donors (Lipinski definition) is 3. The van der Waals surface area contributed by atoms with E-state index in [0.29, 0.717) is 31.4 Å². The molecule has 0 radical (unpaired) electrons. The molecule has 1 aromatic rings. The molecule has 5 amide bonds. The number of ether oxygens (including phenoxy) is 2. The van der Waals surface area contributed by atoms with Crippen molar-refractivity contribution in [3.63, 3.8) is 0 Å². The van der Waals surface area contributed by atoms with E-state index in [1.807, 2.05) is 65.9 Å². The molecule has 3 rings (SSSR count). The fraction of sp³-hybridized carbons (Fsp3) is 0.738. The van der Waals surface area contributed by atoms with E-state index >= 15 is 0 Å². The van der Waals surface area contributed by atoms with Gasteiger partial charge in [-0.05, 0) is 75.2 Å². The van der Waals surface area contributed by atoms with Crippen molar-refractivity contribution in [2.45, 2.75) is 140 Å². The molecule has 1 aliphatic heterocycles. The zero-order valence-corrected chi connectivity index (χ0v) is 38.4. The maximum absolute atomic E-state index is 14.2. The molecular formula is C42H67F3N6O9S. The Morgan fingerprint density at radius 3 is 1.97 bits per heavy atom. The van der Waals surface area contributed by atoms with Crippen molar-refractivity contribution >= 4 is 39.6 Å². The maximum Gasteiger partial charge on any atom is 0.471 e. The number of likely N-dealkylation sites (tertiary alicyclic amines) is 1. The van der Waals surface area contributed by atoms with Crippen LogP contribution < -0.4 is 15.4 Å². The third-order valence-corrected chi connectivity index (χ3v) is 13.6. The Balaban J connectivity index is 1.76. The Hall–Kier alpha value is -3.81. The van der Waals surface area contributed by atoms with Crippen LogP contribution in [0.15, 0.2) is 29.2 Å². The van der Waals surface area contributed by atoms with E-state index in [-0.39, 0.29) is 59.6 Å². The lowest BCUT2D eigenvalue weighted by atomic mass is 9.89. The molecule has 346 valence electrons. The van der Waals surface area contributed by atoms with E-state index in [4.69, 9.17) is 9.47 Å². The lowest BCUT2D eigenvalue weighted by Gasteiger charge is -2.41. The van der Waals surface area contributed by atoms with Crippen molar-refractivity contribution in [3.8, 4) is 0 Å². The van der Waals surface area contributed by atoms with Gasteiger partial charge in [-0.15, -0.1) is 0 Å². The summed E-state index contributed by atoms with van der Waals surface area (Å²) in [5, 5.41) is 4.97. The summed E-state index contributed by atoms with van der Waals surface area (Å²) in [7, 11) is 3.69. The lowest BCUT2D eigenvalue weighted by molar-refractivity contribution is -0.174. The van der Waals surface area contributed by atoms with E-state index in [2.05, 4.69) is 10.0 Å². The van der Waals surface area contributed by atoms with Gasteiger partial charge < -0.3 is 29.9 Å². The van der Waals surface area contributed by atoms with E-state index < -0.39 is 75.8 Å². The summed E-state index contributed by atoms with van der Waals surface area (Å²) in [5.74, 6) is -5.29. The Labute approximate surface area is 359 Å². The maximum atomic E-state index is 14.2. The van der Waals surface area contributed by atoms with Crippen molar-refractivity contribution < 1.29 is 55.0 Å². The number of carbonyl (C=O) groups is 5. The zero-order chi connectivity index (χ0) is 46.4. The number of benzene rings is 1. The molecule has 0 spiro atoms. The minimum atomic E-state index is -5.08. The van der Waals surface area contributed by atoms with Crippen molar-refractivity contribution in [1.82, 2.24) is 30.1 Å². The number of nitrogens with zero attached hydrogens (tertiary/aromatic N) is 3. The summed E-state index contributed by atoms with van der Waals surface area (Å²) in [6, 6.07) is 2.44. The zero-order valence-electron chi connectivity index (χ0n) is 37.6. The smallest absolute Gasteiger partial charge is 0.379 e. The first-order valence-electron chi connectivity index (χ1n) is 20.9. The number of rotatable bonds is 21. The first-order chi connectivity index (χ1) is 28.3. The SMILES string of the molecule is CCC(C)C(C(CC(=O)N1CCC[C@H]1C(OC)C(C)C(=O)NS(=O)(=O)c1ccc(C2(NC(=O)C(F)(F)F)CC2)cc1)OC)N(C)C(=O)C(NC(=O)C(C(C)C)N(C)C)C(C)C. The van der Waals surface area contributed by atoms with E-state index in [1.54, 1.807) is 16.8 Å². The Morgan fingerprint density at radius 1 is 0.918 bits per heavy atom. The average Bonchev–Trinajstić information content (AvgIpc) is 3.80. The molecule has 7 unspecified atom stereocenters. The van der Waals surface area contributed by atoms with Crippen molar-refractivity contribution in [1.29, 1.82) is 0 Å². The van der Waals surface area contributed by atoms with Crippen LogP contribution in [0.5, 0.6) is 0 Å². The quantitative estimate of drug-likeness (QED) is 0.164. The second kappa shape index (κ2) is 21.0. The summed E-state index contributed by atoms with van der Waals surface area (Å²) >= 11 is 0. The predicted octanol–water partition coefficient (Wildman–Crippen LogP) is 3.81. The number of nitrogens with one attached hydrogen (secondary N) is 3. The van der Waals surface area contributed by atoms with Gasteiger partial charge in [0.15, 0.2) is 0 Å². The van der Waals surface area contributed by atoms with Gasteiger partial charge in [0.25, 0.3) is 10.0 Å². The van der Waals surface area contributed by atoms with Crippen LogP contribution in [0.2, 0.25) is 0 Å². The molecule has 2 fully saturated rings. The summed E-state index contributed by atoms with van der Waals surface area (Å²) in [4.78, 5) is 71.7. The molecule has 0 aromatic heterocycles. The van der Waals surface area contributed by atoms with E-state index in [1.165, 1.54) is 33.3 Å². The fourth-order valence-corrected chi connectivity index (χ4v) is 9.61. The Kier molecular flexibility index (Phi) is 17.8. The van der Waals surface area contributed by atoms with Gasteiger partial charge in [0.1, 0.15) is 6.04 Å². The minimum absolute atomic E-state index is 0.00631. The van der Waals surface area contributed by atoms with Crippen LogP contribution in [0.4, 0.5) is 13.2 Å². The molecule has 1 saturated carbocycles. The molecule has 1 aromatic carbocycles. The van der Waals surface area contributed by atoms with Gasteiger partial charge >= 0.3 is 12.1 Å². The standard InChI is InChI=1S/C42H67F3N6O9S/c1-13-26(6)35(50(10)39(55)33(24(2)3)46-38(54)34(25(4)5)49(8)9)31(59-11)23-32(52)51-22-14-15-30(51)36(60-12)27(7)37(53)48-61(57,58)29-18-16-28(17-19-29)41(20-21-41)47-40(56)42(43,44)45/h16-19,24-27,30-31,33-36H,13-15,20-23H2,1-12H3,(H,46,54)(H,47,56)(H,48,53)/t26?,27?,30-,31?,33?,34?,35?,36?/m0/s1. The largest absolute Gasteiger partial charge is 0.471 e. The highest BCUT2D eigenvalue weighted by molar-refractivity contribution is 7.90. The van der Waals surface area contributed by atoms with E-state index in [0.717, 1.165) is 12.1 Å². The van der Waals surface area contributed by atoms with Crippen LogP contribution in [0.25, 0.3) is 0 Å². The minimum Gasteiger partial charge on any atom is -0.379 e. The van der Waals surface area contributed by atoms with Gasteiger partial charge in [-0.3, -0.25) is 28.9 Å². The highest BCUT2D eigenvalue weighted by Gasteiger charge is 2.51. The van der Waals surface area contributed by atoms with Crippen molar-refractivity contribution in [2.75, 3.05) is 41.9 Å². The van der Waals surface area contributed by atoms with Gasteiger partial charge in [0.05, 0.1) is 53.1 Å². The van der Waals surface area contributed by atoms with Gasteiger partial charge in [-0.1, -0.05) is 67.0 Å². The molecule has 1 aliphatic carbocycles. The molecule has 0 bridgehead atoms. The second-order valence-corrected chi connectivity index (χ2v) is 19.2. The van der Waals surface area contributed by atoms with Gasteiger partial charge in [-0.2, -0.15) is 13.2 Å². The lowest BCUT2D eigenvalue weighted by Crippen LogP contribution is -2.59. The normalized spacial score (nSPS) is 20.0. The number of amides is 5. The molecule has 1 saturated heterocycles. The first-order valence-corrected chi connectivity index (χ1v) is 22.4. The number of alkyl halides is 3. The van der Waals surface area contributed by atoms with Crippen LogP contribution in [-0.2, 0) is 49.0 Å². The molecule has 1 heterocycles. The third kappa shape index (κ3) is 12.4. The van der Waals surface area contributed by atoms with Gasteiger partial charge in [0, 0.05) is 27.8 Å². The first kappa shape index (κ1) is 51.5. The summed E-state index contributed by atoms with van der Waals surface area (Å²) in [5.41, 5.74) is -0.962. The van der Waals surface area contributed by atoms with Crippen molar-refractivity contribution in [3.05, 3.63) is 29.8 Å². The number of likely N-dealkylation sites (N-methyl/N-ethyl adjacent to an activating group) is 2. The fourth-order valence-electron chi connectivity index (χ4n) is 8.55. The number of halogens is 3. The monoisotopic (exact) mass is 888 g/mol. The highest BCUT2D eigenvalue weighted by atomic mass is 32.2. The van der Waals surface area contributed by atoms with Crippen LogP contribution in [0.3, 0.4) is 0 Å². The Bertz CT molecular complexity index is 1800. The summed E-state index contributed by atoms with van der Waals surface area (Å²) in [6.07, 6.45) is -4.66. The number of sulfonamides is 1. The third-order valence-electron chi connectivity index (χ3n) is 12.3. The molecule has 2 aliphatic rings.